The van der Waals surface area contributed by atoms with Crippen LogP contribution < -0.4 is 0 Å². The molecule has 1 heterocycles. The van der Waals surface area contributed by atoms with Crippen molar-refractivity contribution in [2.75, 3.05) is 26.2 Å². The van der Waals surface area contributed by atoms with Crippen molar-refractivity contribution in [3.63, 3.8) is 0 Å². The minimum Gasteiger partial charge on any atom is -0.339 e. The van der Waals surface area contributed by atoms with Crippen molar-refractivity contribution >= 4 is 11.7 Å². The summed E-state index contributed by atoms with van der Waals surface area (Å²) in [5.74, 6) is 0.567. The summed E-state index contributed by atoms with van der Waals surface area (Å²) >= 11 is 0. The highest BCUT2D eigenvalue weighted by Crippen LogP contribution is 2.26. The van der Waals surface area contributed by atoms with Gasteiger partial charge in [0, 0.05) is 38.5 Å². The predicted octanol–water partition coefficient (Wildman–Crippen LogP) is 0.662. The van der Waals surface area contributed by atoms with Crippen molar-refractivity contribution in [2.24, 2.45) is 0 Å². The van der Waals surface area contributed by atoms with Crippen LogP contribution in [-0.4, -0.2) is 53.7 Å². The molecule has 90 valence electrons. The Labute approximate surface area is 96.6 Å². The number of likely N-dealkylation sites (tertiary alicyclic amines) is 1. The van der Waals surface area contributed by atoms with Crippen molar-refractivity contribution in [1.29, 1.82) is 0 Å². The molecule has 4 heteroatoms. The summed E-state index contributed by atoms with van der Waals surface area (Å²) in [7, 11) is 0. The van der Waals surface area contributed by atoms with E-state index in [0.717, 1.165) is 32.5 Å². The molecule has 1 aliphatic carbocycles. The molecule has 0 unspecified atom stereocenters. The first-order valence-corrected chi connectivity index (χ1v) is 6.24. The van der Waals surface area contributed by atoms with Crippen LogP contribution >= 0.6 is 0 Å². The van der Waals surface area contributed by atoms with Gasteiger partial charge in [-0.2, -0.15) is 0 Å². The molecule has 0 aromatic carbocycles. The van der Waals surface area contributed by atoms with Crippen LogP contribution in [0.25, 0.3) is 0 Å². The van der Waals surface area contributed by atoms with Crippen LogP contribution in [0.15, 0.2) is 0 Å². The molecule has 1 saturated heterocycles. The van der Waals surface area contributed by atoms with Crippen molar-refractivity contribution in [3.8, 4) is 0 Å². The van der Waals surface area contributed by atoms with Gasteiger partial charge in [-0.25, -0.2) is 0 Å². The van der Waals surface area contributed by atoms with Gasteiger partial charge in [0.1, 0.15) is 5.78 Å². The van der Waals surface area contributed by atoms with E-state index in [4.69, 9.17) is 0 Å². The highest BCUT2D eigenvalue weighted by Gasteiger charge is 2.32. The Morgan fingerprint density at radius 3 is 2.50 bits per heavy atom. The summed E-state index contributed by atoms with van der Waals surface area (Å²) < 4.78 is 0. The molecule has 4 nitrogen and oxygen atoms in total. The number of amides is 1. The van der Waals surface area contributed by atoms with Crippen LogP contribution in [0.2, 0.25) is 0 Å². The summed E-state index contributed by atoms with van der Waals surface area (Å²) in [4.78, 5) is 27.2. The lowest BCUT2D eigenvalue weighted by Crippen LogP contribution is -2.44. The van der Waals surface area contributed by atoms with Crippen LogP contribution in [0, 0.1) is 0 Å². The average molecular weight is 224 g/mol. The van der Waals surface area contributed by atoms with Crippen LogP contribution in [0.1, 0.15) is 32.6 Å². The fourth-order valence-corrected chi connectivity index (χ4v) is 2.27. The van der Waals surface area contributed by atoms with Crippen LogP contribution in [0.3, 0.4) is 0 Å². The van der Waals surface area contributed by atoms with E-state index in [0.29, 0.717) is 31.2 Å². The topological polar surface area (TPSA) is 40.6 Å². The van der Waals surface area contributed by atoms with E-state index in [1.54, 1.807) is 0 Å². The summed E-state index contributed by atoms with van der Waals surface area (Å²) in [6, 6.07) is 0.504. The molecule has 2 fully saturated rings. The first kappa shape index (κ1) is 11.6. The van der Waals surface area contributed by atoms with E-state index >= 15 is 0 Å². The summed E-state index contributed by atoms with van der Waals surface area (Å²) in [6.45, 7) is 4.86. The van der Waals surface area contributed by atoms with Gasteiger partial charge in [0.05, 0.1) is 6.54 Å². The number of carbonyl (C=O) groups is 2. The van der Waals surface area contributed by atoms with E-state index in [-0.39, 0.29) is 5.91 Å². The number of likely N-dealkylation sites (N-methyl/N-ethyl adjacent to an activating group) is 1. The molecule has 1 aliphatic heterocycles. The van der Waals surface area contributed by atoms with E-state index in [1.165, 1.54) is 0 Å². The first-order valence-electron chi connectivity index (χ1n) is 6.24. The Balaban J connectivity index is 1.79. The van der Waals surface area contributed by atoms with Gasteiger partial charge in [-0.1, -0.05) is 0 Å². The van der Waals surface area contributed by atoms with Crippen molar-refractivity contribution in [1.82, 2.24) is 9.80 Å². The van der Waals surface area contributed by atoms with Crippen LogP contribution in [0.4, 0.5) is 0 Å². The average Bonchev–Trinajstić information content (AvgIpc) is 3.07. The second kappa shape index (κ2) is 4.95. The molecule has 0 radical (unpaired) electrons. The predicted molar refractivity (Wildman–Crippen MR) is 61.1 cm³/mol. The number of hydrogen-bond acceptors (Lipinski definition) is 3. The van der Waals surface area contributed by atoms with Gasteiger partial charge in [-0.05, 0) is 19.8 Å². The number of ketones is 1. The third-order valence-corrected chi connectivity index (χ3v) is 3.42. The maximum atomic E-state index is 12.0. The third-order valence-electron chi connectivity index (χ3n) is 3.42. The smallest absolute Gasteiger partial charge is 0.236 e. The van der Waals surface area contributed by atoms with Crippen molar-refractivity contribution in [3.05, 3.63) is 0 Å². The lowest BCUT2D eigenvalue weighted by molar-refractivity contribution is -0.134. The van der Waals surface area contributed by atoms with E-state index < -0.39 is 0 Å². The van der Waals surface area contributed by atoms with Crippen molar-refractivity contribution < 1.29 is 9.59 Å². The van der Waals surface area contributed by atoms with Crippen molar-refractivity contribution in [2.45, 2.75) is 38.6 Å². The maximum Gasteiger partial charge on any atom is 0.236 e. The van der Waals surface area contributed by atoms with E-state index in [9.17, 15) is 9.59 Å². The lowest BCUT2D eigenvalue weighted by atomic mass is 10.1. The Kier molecular flexibility index (Phi) is 3.59. The molecule has 1 saturated carbocycles. The molecule has 0 aromatic rings. The maximum absolute atomic E-state index is 12.0. The molecule has 0 spiro atoms. The van der Waals surface area contributed by atoms with Gasteiger partial charge in [0.2, 0.25) is 5.91 Å². The van der Waals surface area contributed by atoms with E-state index in [1.807, 2.05) is 11.8 Å². The highest BCUT2D eigenvalue weighted by molar-refractivity contribution is 5.81. The Morgan fingerprint density at radius 2 is 2.00 bits per heavy atom. The summed E-state index contributed by atoms with van der Waals surface area (Å²) in [5.41, 5.74) is 0. The Morgan fingerprint density at radius 1 is 1.38 bits per heavy atom. The normalized spacial score (nSPS) is 22.2. The second-order valence-corrected chi connectivity index (χ2v) is 4.73. The van der Waals surface area contributed by atoms with Gasteiger partial charge in [-0.15, -0.1) is 0 Å². The van der Waals surface area contributed by atoms with Gasteiger partial charge < -0.3 is 4.90 Å². The fraction of sp³-hybridized carbons (Fsp3) is 0.833. The molecule has 0 N–H and O–H groups in total. The Hall–Kier alpha value is -0.900. The zero-order valence-corrected chi connectivity index (χ0v) is 9.95. The molecule has 2 aliphatic rings. The van der Waals surface area contributed by atoms with Crippen LogP contribution in [-0.2, 0) is 9.59 Å². The zero-order valence-electron chi connectivity index (χ0n) is 9.95. The van der Waals surface area contributed by atoms with E-state index in [2.05, 4.69) is 4.90 Å². The lowest BCUT2D eigenvalue weighted by Gasteiger charge is -2.28. The summed E-state index contributed by atoms with van der Waals surface area (Å²) in [5, 5.41) is 0. The molecule has 1 amide bonds. The monoisotopic (exact) mass is 224 g/mol. The molecule has 16 heavy (non-hydrogen) atoms. The number of Topliss-reactive ketones (excluding diaryl/α,β-unsaturated/α-hetero) is 1. The molecule has 0 bridgehead atoms. The molecular weight excluding hydrogens is 204 g/mol. The minimum absolute atomic E-state index is 0.236. The quantitative estimate of drug-likeness (QED) is 0.704. The second-order valence-electron chi connectivity index (χ2n) is 4.73. The molecule has 2 rings (SSSR count). The number of piperidine rings is 1. The molecule has 0 aromatic heterocycles. The molecular formula is C12H20N2O2. The minimum atomic E-state index is 0.236. The van der Waals surface area contributed by atoms with Gasteiger partial charge in [-0.3, -0.25) is 14.5 Å². The highest BCUT2D eigenvalue weighted by atomic mass is 16.2. The fourth-order valence-electron chi connectivity index (χ4n) is 2.27. The first-order chi connectivity index (χ1) is 7.70. The van der Waals surface area contributed by atoms with Gasteiger partial charge in [0.25, 0.3) is 0 Å². The number of carbonyl (C=O) groups excluding carboxylic acids is 2. The third kappa shape index (κ3) is 2.82. The largest absolute Gasteiger partial charge is 0.339 e. The molecule has 0 atom stereocenters. The Bertz CT molecular complexity index is 277. The number of nitrogens with zero attached hydrogens (tertiary/aromatic N) is 2. The van der Waals surface area contributed by atoms with Gasteiger partial charge >= 0.3 is 0 Å². The zero-order chi connectivity index (χ0) is 11.5. The number of rotatable bonds is 4. The van der Waals surface area contributed by atoms with Gasteiger partial charge in [0.15, 0.2) is 0 Å². The SMILES string of the molecule is CCN(C(=O)CN1CCC(=O)CC1)C1CC1. The summed E-state index contributed by atoms with van der Waals surface area (Å²) in [6.07, 6.45) is 3.56. The van der Waals surface area contributed by atoms with Crippen LogP contribution in [0.5, 0.6) is 0 Å². The number of hydrogen-bond donors (Lipinski definition) is 0. The standard InChI is InChI=1S/C12H20N2O2/c1-2-14(10-3-4-10)12(16)9-13-7-5-11(15)6-8-13/h10H,2-9H2,1H3.